The molecule has 1 aromatic heterocycles. The number of benzene rings is 1. The fraction of sp³-hybridized carbons (Fsp3) is 0.429. The van der Waals surface area contributed by atoms with E-state index in [0.29, 0.717) is 18.4 Å². The summed E-state index contributed by atoms with van der Waals surface area (Å²) in [7, 11) is 0. The zero-order valence-corrected chi connectivity index (χ0v) is 11.8. The van der Waals surface area contributed by atoms with Crippen LogP contribution in [-0.2, 0) is 6.42 Å². The van der Waals surface area contributed by atoms with Gasteiger partial charge in [-0.25, -0.2) is 13.2 Å². The SMILES string of the molecule is CC(C)NCCCc1nnc(-c2ccc(F)c(F)c2F)o1. The van der Waals surface area contributed by atoms with Crippen LogP contribution < -0.4 is 5.32 Å². The molecule has 21 heavy (non-hydrogen) atoms. The van der Waals surface area contributed by atoms with Crippen LogP contribution in [0, 0.1) is 17.5 Å². The van der Waals surface area contributed by atoms with Crippen molar-refractivity contribution >= 4 is 0 Å². The molecule has 2 aromatic rings. The summed E-state index contributed by atoms with van der Waals surface area (Å²) in [6, 6.07) is 2.29. The molecule has 0 radical (unpaired) electrons. The Morgan fingerprint density at radius 2 is 1.90 bits per heavy atom. The number of nitrogens with zero attached hydrogens (tertiary/aromatic N) is 2. The first kappa shape index (κ1) is 15.5. The maximum absolute atomic E-state index is 13.6. The Morgan fingerprint density at radius 3 is 2.62 bits per heavy atom. The van der Waals surface area contributed by atoms with E-state index in [-0.39, 0.29) is 11.5 Å². The van der Waals surface area contributed by atoms with Gasteiger partial charge in [-0.2, -0.15) is 0 Å². The molecule has 0 unspecified atom stereocenters. The number of hydrogen-bond acceptors (Lipinski definition) is 4. The molecule has 0 aliphatic carbocycles. The molecule has 0 amide bonds. The molecule has 7 heteroatoms. The summed E-state index contributed by atoms with van der Waals surface area (Å²) in [5.74, 6) is -3.95. The molecule has 0 atom stereocenters. The van der Waals surface area contributed by atoms with Crippen molar-refractivity contribution < 1.29 is 17.6 Å². The lowest BCUT2D eigenvalue weighted by Gasteiger charge is -2.05. The minimum atomic E-state index is -1.55. The zero-order valence-electron chi connectivity index (χ0n) is 11.8. The summed E-state index contributed by atoms with van der Waals surface area (Å²) in [5, 5.41) is 10.7. The highest BCUT2D eigenvalue weighted by Crippen LogP contribution is 2.25. The fourth-order valence-corrected chi connectivity index (χ4v) is 1.78. The summed E-state index contributed by atoms with van der Waals surface area (Å²) in [6.45, 7) is 4.86. The van der Waals surface area contributed by atoms with E-state index in [1.807, 2.05) is 13.8 Å². The summed E-state index contributed by atoms with van der Waals surface area (Å²) in [6.07, 6.45) is 1.30. The predicted molar refractivity (Wildman–Crippen MR) is 71.1 cm³/mol. The standard InChI is InChI=1S/C14H16F3N3O/c1-8(2)18-7-3-4-11-19-20-14(21-11)9-5-6-10(15)13(17)12(9)16/h5-6,8,18H,3-4,7H2,1-2H3. The Bertz CT molecular complexity index is 614. The van der Waals surface area contributed by atoms with Crippen LogP contribution in [0.5, 0.6) is 0 Å². The van der Waals surface area contributed by atoms with Crippen LogP contribution in [0.3, 0.4) is 0 Å². The van der Waals surface area contributed by atoms with Crippen molar-refractivity contribution in [2.45, 2.75) is 32.7 Å². The number of hydrogen-bond donors (Lipinski definition) is 1. The molecule has 0 aliphatic rings. The largest absolute Gasteiger partial charge is 0.421 e. The molecule has 0 fully saturated rings. The van der Waals surface area contributed by atoms with E-state index < -0.39 is 17.5 Å². The molecule has 4 nitrogen and oxygen atoms in total. The van der Waals surface area contributed by atoms with E-state index in [4.69, 9.17) is 4.42 Å². The second-order valence-corrected chi connectivity index (χ2v) is 4.94. The van der Waals surface area contributed by atoms with Gasteiger partial charge in [0.1, 0.15) is 0 Å². The van der Waals surface area contributed by atoms with Crippen LogP contribution in [0.15, 0.2) is 16.5 Å². The van der Waals surface area contributed by atoms with Gasteiger partial charge in [0.25, 0.3) is 5.89 Å². The first-order valence-corrected chi connectivity index (χ1v) is 6.68. The van der Waals surface area contributed by atoms with E-state index in [1.165, 1.54) is 0 Å². The maximum Gasteiger partial charge on any atom is 0.250 e. The second-order valence-electron chi connectivity index (χ2n) is 4.94. The summed E-state index contributed by atoms with van der Waals surface area (Å²) in [4.78, 5) is 0. The van der Waals surface area contributed by atoms with Crippen molar-refractivity contribution in [1.82, 2.24) is 15.5 Å². The predicted octanol–water partition coefficient (Wildman–Crippen LogP) is 3.08. The Balaban J connectivity index is 2.05. The minimum absolute atomic E-state index is 0.154. The molecule has 0 aliphatic heterocycles. The molecule has 1 N–H and O–H groups in total. The maximum atomic E-state index is 13.6. The molecule has 0 bridgehead atoms. The Hall–Kier alpha value is -1.89. The minimum Gasteiger partial charge on any atom is -0.421 e. The highest BCUT2D eigenvalue weighted by atomic mass is 19.2. The fourth-order valence-electron chi connectivity index (χ4n) is 1.78. The van der Waals surface area contributed by atoms with Crippen molar-refractivity contribution in [2.75, 3.05) is 6.54 Å². The normalized spacial score (nSPS) is 11.3. The first-order chi connectivity index (χ1) is 9.99. The van der Waals surface area contributed by atoms with Crippen LogP contribution in [0.2, 0.25) is 0 Å². The van der Waals surface area contributed by atoms with Gasteiger partial charge in [-0.1, -0.05) is 13.8 Å². The monoisotopic (exact) mass is 299 g/mol. The van der Waals surface area contributed by atoms with Crippen LogP contribution in [0.25, 0.3) is 11.5 Å². The summed E-state index contributed by atoms with van der Waals surface area (Å²) < 4.78 is 44.9. The quantitative estimate of drug-likeness (QED) is 0.658. The van der Waals surface area contributed by atoms with Crippen molar-refractivity contribution in [2.24, 2.45) is 0 Å². The average molecular weight is 299 g/mol. The van der Waals surface area contributed by atoms with Gasteiger partial charge in [-0.3, -0.25) is 0 Å². The molecule has 0 spiro atoms. The lowest BCUT2D eigenvalue weighted by Crippen LogP contribution is -2.23. The molecule has 2 rings (SSSR count). The smallest absolute Gasteiger partial charge is 0.250 e. The van der Waals surface area contributed by atoms with E-state index >= 15 is 0 Å². The van der Waals surface area contributed by atoms with Crippen LogP contribution >= 0.6 is 0 Å². The molecule has 1 aromatic carbocycles. The van der Waals surface area contributed by atoms with Gasteiger partial charge in [0.15, 0.2) is 17.5 Å². The third kappa shape index (κ3) is 3.81. The van der Waals surface area contributed by atoms with E-state index in [0.717, 1.165) is 25.1 Å². The lowest BCUT2D eigenvalue weighted by molar-refractivity contribution is 0.442. The van der Waals surface area contributed by atoms with Crippen molar-refractivity contribution in [3.8, 4) is 11.5 Å². The van der Waals surface area contributed by atoms with Crippen LogP contribution in [0.1, 0.15) is 26.2 Å². The number of nitrogens with one attached hydrogen (secondary N) is 1. The van der Waals surface area contributed by atoms with Gasteiger partial charge in [0.2, 0.25) is 5.89 Å². The molecule has 114 valence electrons. The molecule has 1 heterocycles. The molecular weight excluding hydrogens is 283 g/mol. The summed E-state index contributed by atoms with van der Waals surface area (Å²) >= 11 is 0. The number of aromatic nitrogens is 2. The number of rotatable bonds is 6. The Labute approximate surface area is 120 Å². The van der Waals surface area contributed by atoms with Gasteiger partial charge in [0.05, 0.1) is 5.56 Å². The topological polar surface area (TPSA) is 51.0 Å². The van der Waals surface area contributed by atoms with Crippen molar-refractivity contribution in [3.63, 3.8) is 0 Å². The van der Waals surface area contributed by atoms with E-state index in [2.05, 4.69) is 15.5 Å². The zero-order chi connectivity index (χ0) is 15.4. The lowest BCUT2D eigenvalue weighted by atomic mass is 10.2. The molecule has 0 saturated carbocycles. The average Bonchev–Trinajstić information content (AvgIpc) is 2.89. The first-order valence-electron chi connectivity index (χ1n) is 6.68. The van der Waals surface area contributed by atoms with Gasteiger partial charge in [0, 0.05) is 12.5 Å². The number of aryl methyl sites for hydroxylation is 1. The van der Waals surface area contributed by atoms with Crippen molar-refractivity contribution in [3.05, 3.63) is 35.5 Å². The van der Waals surface area contributed by atoms with Gasteiger partial charge in [-0.05, 0) is 25.1 Å². The second kappa shape index (κ2) is 6.71. The molecular formula is C14H16F3N3O. The van der Waals surface area contributed by atoms with Crippen LogP contribution in [-0.4, -0.2) is 22.8 Å². The molecule has 0 saturated heterocycles. The van der Waals surface area contributed by atoms with Gasteiger partial charge >= 0.3 is 0 Å². The van der Waals surface area contributed by atoms with E-state index in [1.54, 1.807) is 0 Å². The Morgan fingerprint density at radius 1 is 1.14 bits per heavy atom. The van der Waals surface area contributed by atoms with Crippen molar-refractivity contribution in [1.29, 1.82) is 0 Å². The number of halogens is 3. The van der Waals surface area contributed by atoms with E-state index in [9.17, 15) is 13.2 Å². The van der Waals surface area contributed by atoms with Gasteiger partial charge < -0.3 is 9.73 Å². The summed E-state index contributed by atoms with van der Waals surface area (Å²) in [5.41, 5.74) is -0.243. The third-order valence-corrected chi connectivity index (χ3v) is 2.85. The third-order valence-electron chi connectivity index (χ3n) is 2.85. The highest BCUT2D eigenvalue weighted by molar-refractivity contribution is 5.53. The Kier molecular flexibility index (Phi) is 4.95. The highest BCUT2D eigenvalue weighted by Gasteiger charge is 2.19. The van der Waals surface area contributed by atoms with Crippen LogP contribution in [0.4, 0.5) is 13.2 Å². The van der Waals surface area contributed by atoms with Gasteiger partial charge in [-0.15, -0.1) is 10.2 Å².